The highest BCUT2D eigenvalue weighted by Gasteiger charge is 2.11. The van der Waals surface area contributed by atoms with Gasteiger partial charge in [-0.2, -0.15) is 0 Å². The fourth-order valence-corrected chi connectivity index (χ4v) is 4.40. The molecule has 0 saturated carbocycles. The van der Waals surface area contributed by atoms with Crippen molar-refractivity contribution in [1.29, 1.82) is 0 Å². The minimum Gasteiger partial charge on any atom is -0.325 e. The maximum absolute atomic E-state index is 12.5. The quantitative estimate of drug-likeness (QED) is 0.417. The molecule has 7 heteroatoms. The van der Waals surface area contributed by atoms with Crippen molar-refractivity contribution >= 4 is 34.3 Å². The summed E-state index contributed by atoms with van der Waals surface area (Å²) in [6, 6.07) is 21.5. The van der Waals surface area contributed by atoms with Crippen molar-refractivity contribution in [3.8, 4) is 0 Å². The van der Waals surface area contributed by atoms with Crippen LogP contribution in [0.15, 0.2) is 81.3 Å². The van der Waals surface area contributed by atoms with Crippen LogP contribution >= 0.6 is 11.8 Å². The van der Waals surface area contributed by atoms with Crippen molar-refractivity contribution in [2.45, 2.75) is 30.2 Å². The van der Waals surface area contributed by atoms with Crippen LogP contribution in [0.25, 0.3) is 10.9 Å². The molecule has 0 aliphatic heterocycles. The second-order valence-electron chi connectivity index (χ2n) is 8.12. The number of hydrogen-bond donors (Lipinski definition) is 2. The number of aromatic nitrogens is 2. The number of likely N-dealkylation sites (N-methyl/N-ethyl adjacent to an activating group) is 1. The van der Waals surface area contributed by atoms with Crippen molar-refractivity contribution in [2.75, 3.05) is 18.9 Å². The zero-order valence-corrected chi connectivity index (χ0v) is 19.7. The summed E-state index contributed by atoms with van der Waals surface area (Å²) in [6.07, 6.45) is 0. The van der Waals surface area contributed by atoms with Crippen LogP contribution in [-0.2, 0) is 11.3 Å². The highest BCUT2D eigenvalue weighted by molar-refractivity contribution is 7.99. The number of hydrogen-bond acceptors (Lipinski definition) is 5. The van der Waals surface area contributed by atoms with Gasteiger partial charge in [-0.1, -0.05) is 30.0 Å². The predicted molar refractivity (Wildman–Crippen MR) is 134 cm³/mol. The van der Waals surface area contributed by atoms with E-state index in [4.69, 9.17) is 0 Å². The molecule has 3 aromatic carbocycles. The first-order valence-corrected chi connectivity index (χ1v) is 11.5. The fraction of sp³-hybridized carbons (Fsp3) is 0.192. The smallest absolute Gasteiger partial charge is 0.258 e. The average molecular weight is 459 g/mol. The number of carbonyl (C=O) groups is 1. The van der Waals surface area contributed by atoms with Gasteiger partial charge in [-0.15, -0.1) is 0 Å². The minimum absolute atomic E-state index is 0.129. The number of aromatic amines is 1. The molecule has 0 unspecified atom stereocenters. The molecule has 33 heavy (non-hydrogen) atoms. The number of nitrogens with one attached hydrogen (secondary N) is 2. The summed E-state index contributed by atoms with van der Waals surface area (Å²) in [5.74, 6) is 0.400. The van der Waals surface area contributed by atoms with Gasteiger partial charge >= 0.3 is 0 Å². The lowest BCUT2D eigenvalue weighted by molar-refractivity contribution is -0.117. The van der Waals surface area contributed by atoms with Crippen LogP contribution in [0.1, 0.15) is 17.0 Å². The van der Waals surface area contributed by atoms with Crippen molar-refractivity contribution in [2.24, 2.45) is 0 Å². The van der Waals surface area contributed by atoms with Crippen LogP contribution in [0.5, 0.6) is 0 Å². The average Bonchev–Trinajstić information content (AvgIpc) is 2.77. The molecule has 0 spiro atoms. The van der Waals surface area contributed by atoms with E-state index in [-0.39, 0.29) is 18.0 Å². The monoisotopic (exact) mass is 458 g/mol. The number of anilines is 1. The number of carbonyl (C=O) groups excluding carboxylic acids is 1. The van der Waals surface area contributed by atoms with E-state index in [1.54, 1.807) is 17.8 Å². The van der Waals surface area contributed by atoms with Gasteiger partial charge < -0.3 is 10.3 Å². The van der Waals surface area contributed by atoms with Crippen molar-refractivity contribution < 1.29 is 4.79 Å². The lowest BCUT2D eigenvalue weighted by Crippen LogP contribution is -2.31. The molecule has 4 rings (SSSR count). The van der Waals surface area contributed by atoms with Gasteiger partial charge in [0, 0.05) is 15.5 Å². The van der Waals surface area contributed by atoms with Crippen LogP contribution in [-0.4, -0.2) is 34.4 Å². The van der Waals surface area contributed by atoms with Gasteiger partial charge in [-0.05, 0) is 80.6 Å². The van der Waals surface area contributed by atoms with E-state index in [1.807, 2.05) is 54.4 Å². The Labute approximate surface area is 197 Å². The molecule has 4 aromatic rings. The first kappa shape index (κ1) is 22.8. The van der Waals surface area contributed by atoms with Crippen LogP contribution in [0.2, 0.25) is 0 Å². The van der Waals surface area contributed by atoms with E-state index >= 15 is 0 Å². The van der Waals surface area contributed by atoms with E-state index in [9.17, 15) is 9.59 Å². The predicted octanol–water partition coefficient (Wildman–Crippen LogP) is 4.76. The maximum Gasteiger partial charge on any atom is 0.258 e. The molecule has 6 nitrogen and oxygen atoms in total. The summed E-state index contributed by atoms with van der Waals surface area (Å²) in [7, 11) is 1.82. The van der Waals surface area contributed by atoms with Crippen LogP contribution < -0.4 is 10.9 Å². The van der Waals surface area contributed by atoms with E-state index in [2.05, 4.69) is 47.3 Å². The molecule has 0 fully saturated rings. The van der Waals surface area contributed by atoms with E-state index < -0.39 is 0 Å². The number of para-hydroxylation sites is 1. The van der Waals surface area contributed by atoms with Crippen LogP contribution in [0, 0.1) is 13.8 Å². The highest BCUT2D eigenvalue weighted by Crippen LogP contribution is 2.29. The van der Waals surface area contributed by atoms with Gasteiger partial charge in [0.05, 0.1) is 24.0 Å². The number of fused-ring (bicyclic) bond motifs is 1. The SMILES string of the molecule is Cc1ccc(Sc2ccc(NC(=O)CN(C)Cc3nc4ccccc4c(=O)[nH]3)cc2)cc1C. The zero-order chi connectivity index (χ0) is 23.4. The minimum atomic E-state index is -0.174. The molecule has 0 radical (unpaired) electrons. The van der Waals surface area contributed by atoms with Crippen molar-refractivity contribution in [1.82, 2.24) is 14.9 Å². The Morgan fingerprint density at radius 1 is 1.00 bits per heavy atom. The van der Waals surface area contributed by atoms with Gasteiger partial charge in [0.1, 0.15) is 5.82 Å². The standard InChI is InChI=1S/C26H26N4O2S/c1-17-8-11-21(14-18(17)2)33-20-12-9-19(10-13-20)27-25(31)16-30(3)15-24-28-23-7-5-4-6-22(23)26(32)29-24/h4-14H,15-16H2,1-3H3,(H,27,31)(H,28,29,32). The summed E-state index contributed by atoms with van der Waals surface area (Å²) in [5.41, 5.74) is 3.77. The van der Waals surface area contributed by atoms with Crippen LogP contribution in [0.3, 0.4) is 0 Å². The third kappa shape index (κ3) is 5.88. The Hall–Kier alpha value is -3.42. The fourth-order valence-electron chi connectivity index (χ4n) is 3.49. The Bertz CT molecular complexity index is 1350. The second-order valence-corrected chi connectivity index (χ2v) is 9.27. The lowest BCUT2D eigenvalue weighted by atomic mass is 10.1. The Balaban J connectivity index is 1.32. The summed E-state index contributed by atoms with van der Waals surface area (Å²) in [6.45, 7) is 4.76. The Morgan fingerprint density at radius 3 is 2.48 bits per heavy atom. The molecule has 1 amide bonds. The topological polar surface area (TPSA) is 78.1 Å². The Morgan fingerprint density at radius 2 is 1.73 bits per heavy atom. The number of aryl methyl sites for hydroxylation is 2. The van der Waals surface area contributed by atoms with Crippen LogP contribution in [0.4, 0.5) is 5.69 Å². The molecule has 0 bridgehead atoms. The van der Waals surface area contributed by atoms with E-state index in [0.717, 1.165) is 10.6 Å². The van der Waals surface area contributed by atoms with Gasteiger partial charge in [0.2, 0.25) is 5.91 Å². The first-order valence-electron chi connectivity index (χ1n) is 10.7. The van der Waals surface area contributed by atoms with Gasteiger partial charge in [-0.25, -0.2) is 4.98 Å². The van der Waals surface area contributed by atoms with Crippen molar-refractivity contribution in [3.63, 3.8) is 0 Å². The Kier molecular flexibility index (Phi) is 6.91. The van der Waals surface area contributed by atoms with Gasteiger partial charge in [0.25, 0.3) is 5.56 Å². The van der Waals surface area contributed by atoms with E-state index in [0.29, 0.717) is 23.3 Å². The number of nitrogens with zero attached hydrogens (tertiary/aromatic N) is 2. The summed E-state index contributed by atoms with van der Waals surface area (Å²) in [5, 5.41) is 3.48. The molecule has 168 valence electrons. The van der Waals surface area contributed by atoms with Gasteiger partial charge in [0.15, 0.2) is 0 Å². The molecule has 0 aliphatic carbocycles. The molecular formula is C26H26N4O2S. The largest absolute Gasteiger partial charge is 0.325 e. The molecule has 0 atom stereocenters. The normalized spacial score (nSPS) is 11.2. The molecule has 0 aliphatic rings. The molecular weight excluding hydrogens is 432 g/mol. The molecule has 2 N–H and O–H groups in total. The third-order valence-corrected chi connectivity index (χ3v) is 6.34. The van der Waals surface area contributed by atoms with Crippen molar-refractivity contribution in [3.05, 3.63) is 94.0 Å². The maximum atomic E-state index is 12.5. The van der Waals surface area contributed by atoms with E-state index in [1.165, 1.54) is 16.0 Å². The highest BCUT2D eigenvalue weighted by atomic mass is 32.2. The zero-order valence-electron chi connectivity index (χ0n) is 18.9. The number of rotatable bonds is 7. The third-order valence-electron chi connectivity index (χ3n) is 5.35. The van der Waals surface area contributed by atoms with Gasteiger partial charge in [-0.3, -0.25) is 14.5 Å². The lowest BCUT2D eigenvalue weighted by Gasteiger charge is -2.16. The summed E-state index contributed by atoms with van der Waals surface area (Å²) >= 11 is 1.69. The number of benzene rings is 3. The summed E-state index contributed by atoms with van der Waals surface area (Å²) < 4.78 is 0. The molecule has 1 aromatic heterocycles. The molecule has 0 saturated heterocycles. The molecule has 1 heterocycles. The second kappa shape index (κ2) is 10.0. The summed E-state index contributed by atoms with van der Waals surface area (Å²) in [4.78, 5) is 36.1. The first-order chi connectivity index (χ1) is 15.9. The number of H-pyrrole nitrogens is 1. The number of amides is 1.